The number of aromatic nitrogens is 3. The van der Waals surface area contributed by atoms with Gasteiger partial charge in [-0.15, -0.1) is 0 Å². The van der Waals surface area contributed by atoms with E-state index in [1.807, 2.05) is 6.21 Å². The minimum absolute atomic E-state index is 0.485. The van der Waals surface area contributed by atoms with Gasteiger partial charge in [0, 0.05) is 12.5 Å². The molecule has 58 valence electrons. The molecular formula is C7H10N4. The van der Waals surface area contributed by atoms with Crippen molar-refractivity contribution in [3.63, 3.8) is 0 Å². The molecule has 0 spiro atoms. The van der Waals surface area contributed by atoms with E-state index in [-0.39, 0.29) is 0 Å². The lowest BCUT2D eigenvalue weighted by Gasteiger charge is -2.13. The van der Waals surface area contributed by atoms with E-state index in [4.69, 9.17) is 0 Å². The molecule has 1 aliphatic heterocycles. The molecule has 0 saturated carbocycles. The lowest BCUT2D eigenvalue weighted by atomic mass is 9.99. The molecule has 1 aromatic heterocycles. The lowest BCUT2D eigenvalue weighted by molar-refractivity contribution is 0.615. The predicted octanol–water partition coefficient (Wildman–Crippen LogP) is 0.753. The molecule has 4 nitrogen and oxygen atoms in total. The van der Waals surface area contributed by atoms with Crippen molar-refractivity contribution in [2.24, 2.45) is 4.99 Å². The van der Waals surface area contributed by atoms with Gasteiger partial charge in [-0.25, -0.2) is 0 Å². The van der Waals surface area contributed by atoms with Gasteiger partial charge in [0.25, 0.3) is 0 Å². The Morgan fingerprint density at radius 3 is 3.18 bits per heavy atom. The molecule has 1 N–H and O–H groups in total. The van der Waals surface area contributed by atoms with E-state index >= 15 is 0 Å². The van der Waals surface area contributed by atoms with Crippen LogP contribution in [0.25, 0.3) is 0 Å². The molecule has 2 rings (SSSR count). The first-order valence-corrected chi connectivity index (χ1v) is 3.81. The van der Waals surface area contributed by atoms with Crippen molar-refractivity contribution in [2.45, 2.75) is 18.8 Å². The number of hydrogen-bond donors (Lipinski definition) is 1. The number of rotatable bonds is 1. The second-order valence-corrected chi connectivity index (χ2v) is 2.72. The molecule has 0 aliphatic carbocycles. The van der Waals surface area contributed by atoms with E-state index in [2.05, 4.69) is 20.4 Å². The van der Waals surface area contributed by atoms with E-state index in [0.29, 0.717) is 5.92 Å². The van der Waals surface area contributed by atoms with Crippen molar-refractivity contribution in [2.75, 3.05) is 6.54 Å². The molecule has 1 aliphatic rings. The number of nitrogens with zero attached hydrogens (tertiary/aromatic N) is 3. The first-order valence-electron chi connectivity index (χ1n) is 3.81. The van der Waals surface area contributed by atoms with Crippen molar-refractivity contribution >= 4 is 6.21 Å². The molecule has 2 heterocycles. The molecule has 1 unspecified atom stereocenters. The van der Waals surface area contributed by atoms with E-state index in [1.165, 1.54) is 0 Å². The molecule has 1 aromatic rings. The highest BCUT2D eigenvalue weighted by Gasteiger charge is 2.14. The Balaban J connectivity index is 2.11. The number of hydrogen-bond acceptors (Lipinski definition) is 3. The molecule has 0 saturated heterocycles. The van der Waals surface area contributed by atoms with Crippen LogP contribution in [0.2, 0.25) is 0 Å². The second-order valence-electron chi connectivity index (χ2n) is 2.72. The summed E-state index contributed by atoms with van der Waals surface area (Å²) in [6.07, 6.45) is 5.98. The van der Waals surface area contributed by atoms with E-state index in [1.54, 1.807) is 6.20 Å². The quantitative estimate of drug-likeness (QED) is 0.642. The summed E-state index contributed by atoms with van der Waals surface area (Å²) < 4.78 is 0. The zero-order valence-corrected chi connectivity index (χ0v) is 6.20. The molecule has 0 aromatic carbocycles. The van der Waals surface area contributed by atoms with Gasteiger partial charge >= 0.3 is 0 Å². The minimum atomic E-state index is 0.485. The topological polar surface area (TPSA) is 53.9 Å². The molecule has 11 heavy (non-hydrogen) atoms. The number of aromatic amines is 1. The summed E-state index contributed by atoms with van der Waals surface area (Å²) in [4.78, 5) is 4.21. The second kappa shape index (κ2) is 2.82. The third-order valence-electron chi connectivity index (χ3n) is 1.95. The summed E-state index contributed by atoms with van der Waals surface area (Å²) in [5.74, 6) is 0.485. The summed E-state index contributed by atoms with van der Waals surface area (Å²) in [5, 5.41) is 10.4. The normalized spacial score (nSPS) is 23.8. The first kappa shape index (κ1) is 6.52. The van der Waals surface area contributed by atoms with E-state index in [0.717, 1.165) is 25.1 Å². The van der Waals surface area contributed by atoms with Crippen molar-refractivity contribution < 1.29 is 0 Å². The van der Waals surface area contributed by atoms with Gasteiger partial charge in [0.1, 0.15) is 0 Å². The zero-order valence-electron chi connectivity index (χ0n) is 6.20. The molecule has 0 bridgehead atoms. The summed E-state index contributed by atoms with van der Waals surface area (Å²) in [6, 6.07) is 0. The Labute approximate surface area is 64.7 Å². The maximum absolute atomic E-state index is 4.21. The third kappa shape index (κ3) is 1.29. The molecule has 0 amide bonds. The SMILES string of the molecule is C1=NCC(c2cn[nH]n2)CC1. The lowest BCUT2D eigenvalue weighted by Crippen LogP contribution is -2.08. The van der Waals surface area contributed by atoms with Crippen molar-refractivity contribution in [3.05, 3.63) is 11.9 Å². The predicted molar refractivity (Wildman–Crippen MR) is 41.7 cm³/mol. The summed E-state index contributed by atoms with van der Waals surface area (Å²) in [7, 11) is 0. The fraction of sp³-hybridized carbons (Fsp3) is 0.571. The maximum Gasteiger partial charge on any atom is 0.0874 e. The monoisotopic (exact) mass is 150 g/mol. The summed E-state index contributed by atoms with van der Waals surface area (Å²) in [5.41, 5.74) is 1.04. The van der Waals surface area contributed by atoms with Crippen LogP contribution in [0.3, 0.4) is 0 Å². The fourth-order valence-electron chi connectivity index (χ4n) is 1.31. The van der Waals surface area contributed by atoms with Crippen LogP contribution in [-0.2, 0) is 0 Å². The van der Waals surface area contributed by atoms with Crippen LogP contribution in [0.4, 0.5) is 0 Å². The van der Waals surface area contributed by atoms with Gasteiger partial charge in [0.2, 0.25) is 0 Å². The largest absolute Gasteiger partial charge is 0.297 e. The van der Waals surface area contributed by atoms with Gasteiger partial charge in [-0.1, -0.05) is 0 Å². The Morgan fingerprint density at radius 1 is 1.55 bits per heavy atom. The highest BCUT2D eigenvalue weighted by atomic mass is 15.3. The van der Waals surface area contributed by atoms with Crippen molar-refractivity contribution in [3.8, 4) is 0 Å². The smallest absolute Gasteiger partial charge is 0.0874 e. The van der Waals surface area contributed by atoms with Crippen LogP contribution < -0.4 is 0 Å². The third-order valence-corrected chi connectivity index (χ3v) is 1.95. The molecule has 0 radical (unpaired) electrons. The van der Waals surface area contributed by atoms with Crippen LogP contribution in [-0.4, -0.2) is 28.2 Å². The Morgan fingerprint density at radius 2 is 2.55 bits per heavy atom. The zero-order chi connectivity index (χ0) is 7.52. The first-order chi connectivity index (χ1) is 5.47. The maximum atomic E-state index is 4.21. The van der Waals surface area contributed by atoms with E-state index < -0.39 is 0 Å². The number of H-pyrrole nitrogens is 1. The van der Waals surface area contributed by atoms with Gasteiger partial charge in [-0.2, -0.15) is 15.4 Å². The Bertz CT molecular complexity index is 239. The molecule has 1 atom stereocenters. The minimum Gasteiger partial charge on any atom is -0.297 e. The average molecular weight is 150 g/mol. The van der Waals surface area contributed by atoms with Crippen LogP contribution in [0.5, 0.6) is 0 Å². The Hall–Kier alpha value is -1.19. The molecule has 4 heteroatoms. The molecule has 0 fully saturated rings. The van der Waals surface area contributed by atoms with Gasteiger partial charge in [-0.05, 0) is 19.1 Å². The van der Waals surface area contributed by atoms with Crippen LogP contribution in [0, 0.1) is 0 Å². The average Bonchev–Trinajstić information content (AvgIpc) is 2.58. The summed E-state index contributed by atoms with van der Waals surface area (Å²) in [6.45, 7) is 0.868. The highest BCUT2D eigenvalue weighted by Crippen LogP contribution is 2.20. The van der Waals surface area contributed by atoms with Gasteiger partial charge in [0.05, 0.1) is 11.9 Å². The number of nitrogens with one attached hydrogen (secondary N) is 1. The number of aliphatic imine (C=N–C) groups is 1. The van der Waals surface area contributed by atoms with Gasteiger partial charge < -0.3 is 0 Å². The standard InChI is InChI=1S/C7H10N4/c1-2-6(4-8-3-1)7-5-9-11-10-7/h3,5-6H,1-2,4H2,(H,9,10,11). The van der Waals surface area contributed by atoms with Crippen LogP contribution in [0.15, 0.2) is 11.2 Å². The molecular weight excluding hydrogens is 140 g/mol. The highest BCUT2D eigenvalue weighted by molar-refractivity contribution is 5.58. The Kier molecular flexibility index (Phi) is 1.67. The van der Waals surface area contributed by atoms with Crippen molar-refractivity contribution in [1.29, 1.82) is 0 Å². The fourth-order valence-corrected chi connectivity index (χ4v) is 1.31. The van der Waals surface area contributed by atoms with Crippen LogP contribution in [0.1, 0.15) is 24.5 Å². The van der Waals surface area contributed by atoms with Gasteiger partial charge in [0.15, 0.2) is 0 Å². The van der Waals surface area contributed by atoms with Gasteiger partial charge in [-0.3, -0.25) is 4.99 Å². The summed E-state index contributed by atoms with van der Waals surface area (Å²) >= 11 is 0. The van der Waals surface area contributed by atoms with E-state index in [9.17, 15) is 0 Å². The van der Waals surface area contributed by atoms with Crippen LogP contribution >= 0.6 is 0 Å². The van der Waals surface area contributed by atoms with Crippen molar-refractivity contribution in [1.82, 2.24) is 15.4 Å².